The van der Waals surface area contributed by atoms with Gasteiger partial charge in [-0.05, 0) is 135 Å². The first-order chi connectivity index (χ1) is 26.4. The van der Waals surface area contributed by atoms with Crippen LogP contribution in [-0.2, 0) is 48.5 Å². The molecule has 17 nitrogen and oxygen atoms in total. The number of phenolic OH excluding ortho intramolecular Hbond substituents is 1. The second-order valence-corrected chi connectivity index (χ2v) is 19.6. The number of hydrogen-bond donors (Lipinski definition) is 2. The molecule has 0 bridgehead atoms. The van der Waals surface area contributed by atoms with Crippen molar-refractivity contribution in [3.63, 3.8) is 0 Å². The molecule has 10 atom stereocenters. The van der Waals surface area contributed by atoms with Crippen molar-refractivity contribution in [3.05, 3.63) is 59.6 Å². The predicted octanol–water partition coefficient (Wildman–Crippen LogP) is -4.21. The van der Waals surface area contributed by atoms with E-state index < -0.39 is 79.3 Å². The Morgan fingerprint density at radius 1 is 0.933 bits per heavy atom. The number of nitrogens with one attached hydrogen (secondary N) is 1. The van der Waals surface area contributed by atoms with Crippen LogP contribution in [-0.4, -0.2) is 84.4 Å². The molecule has 2 aromatic rings. The summed E-state index contributed by atoms with van der Waals surface area (Å²) in [4.78, 5) is 20.3. The van der Waals surface area contributed by atoms with E-state index >= 15 is 0 Å². The molecule has 0 spiro atoms. The number of aromatic nitrogens is 2. The molecule has 1 aromatic carbocycles. The van der Waals surface area contributed by atoms with Crippen LogP contribution in [0.4, 0.5) is 0 Å². The van der Waals surface area contributed by atoms with Crippen molar-refractivity contribution in [2.45, 2.75) is 110 Å². The van der Waals surface area contributed by atoms with Crippen LogP contribution >= 0.6 is 0 Å². The van der Waals surface area contributed by atoms with E-state index in [0.717, 1.165) is 23.1 Å². The Labute approximate surface area is 418 Å². The molecule has 0 aliphatic heterocycles. The van der Waals surface area contributed by atoms with Gasteiger partial charge in [-0.3, -0.25) is 12.5 Å². The number of allylic oxidation sites excluding steroid dienone is 1. The van der Waals surface area contributed by atoms with Crippen LogP contribution in [0.1, 0.15) is 96.1 Å². The number of aromatic amines is 1. The number of rotatable bonds is 14. The van der Waals surface area contributed by atoms with Crippen molar-refractivity contribution in [1.29, 1.82) is 0 Å². The van der Waals surface area contributed by atoms with Crippen molar-refractivity contribution >= 4 is 37.2 Å². The Kier molecular flexibility index (Phi) is 18.5. The third kappa shape index (κ3) is 12.4. The number of hydrogen-bond acceptors (Lipinski definition) is 16. The summed E-state index contributed by atoms with van der Waals surface area (Å²) in [5.74, 6) is -1.43. The van der Waals surface area contributed by atoms with Gasteiger partial charge in [0, 0.05) is 0 Å². The molecular weight excluding hydrogens is 878 g/mol. The molecule has 1 aromatic heterocycles. The number of esters is 1. The van der Waals surface area contributed by atoms with E-state index in [9.17, 15) is 48.8 Å². The zero-order chi connectivity index (χ0) is 41.9. The van der Waals surface area contributed by atoms with Gasteiger partial charge in [-0.15, -0.1) is 0 Å². The minimum Gasteiger partial charge on any atom is -0.726 e. The van der Waals surface area contributed by atoms with E-state index in [1.54, 1.807) is 26.0 Å². The van der Waals surface area contributed by atoms with E-state index in [2.05, 4.69) is 34.6 Å². The molecule has 23 heteroatoms. The molecule has 0 radical (unpaired) electrons. The Balaban J connectivity index is 0.00000320. The van der Waals surface area contributed by atoms with Crippen LogP contribution < -0.4 is 88.7 Å². The van der Waals surface area contributed by atoms with Crippen molar-refractivity contribution in [2.75, 3.05) is 0 Å². The summed E-state index contributed by atoms with van der Waals surface area (Å²) in [6.45, 7) is 11.9. The monoisotopic (exact) mass is 924 g/mol. The third-order valence-electron chi connectivity index (χ3n) is 13.1. The predicted molar refractivity (Wildman–Crippen MR) is 198 cm³/mol. The van der Waals surface area contributed by atoms with Crippen molar-refractivity contribution in [2.24, 2.45) is 34.5 Å². The number of benzene rings is 1. The molecule has 2 N–H and O–H groups in total. The van der Waals surface area contributed by atoms with Crippen molar-refractivity contribution in [1.82, 2.24) is 9.97 Å². The maximum absolute atomic E-state index is 13.2. The average Bonchev–Trinajstić information content (AvgIpc) is 3.71. The first-order valence-corrected chi connectivity index (χ1v) is 22.7. The molecule has 60 heavy (non-hydrogen) atoms. The number of phenols is 1. The standard InChI is InChI=1S/C37H50N2O15S3.3Na/c1-20(2)30(51-35(41)34-38-19-29(39-34)22-7-9-23(40)10-8-22)13-6-21(3)25-11-12-26-24-16-31(52-55(42,43)44)28-17-32(53-56(45,46)47)33(54-57(48,49)50)18-37(28,5)27(24)14-15-36(25,26)4;;;/h7-10,19,21,25,27-28,30-33,40H,1,6,11-18H2,2-5H3,(H,38,39)(H,42,43,44)(H,45,46,47)(H,48,49,50);;;/q;3*+1/p-3/t21-,25-,27+,28-,30-,31+,32-,33+,36-,37-;;;/m1.../s1. The quantitative estimate of drug-likeness (QED) is 0.0598. The van der Waals surface area contributed by atoms with Crippen molar-refractivity contribution < 1.29 is 155 Å². The Morgan fingerprint density at radius 3 is 2.10 bits per heavy atom. The number of carbonyl (C=O) groups excluding carboxylic acids is 1. The topological polar surface area (TPSA) is 274 Å². The van der Waals surface area contributed by atoms with E-state index in [0.29, 0.717) is 43.4 Å². The normalized spacial score (nSPS) is 29.9. The molecule has 4 aliphatic rings. The molecule has 6 rings (SSSR count). The zero-order valence-electron chi connectivity index (χ0n) is 34.9. The van der Waals surface area contributed by atoms with Gasteiger partial charge in [0.05, 0.1) is 18.0 Å². The number of H-pyrrole nitrogens is 1. The fourth-order valence-corrected chi connectivity index (χ4v) is 12.1. The van der Waals surface area contributed by atoms with Crippen LogP contribution in [0, 0.1) is 34.5 Å². The van der Waals surface area contributed by atoms with E-state index in [1.165, 1.54) is 18.3 Å². The molecule has 0 amide bonds. The minimum atomic E-state index is -5.42. The van der Waals surface area contributed by atoms with Crippen molar-refractivity contribution in [3.8, 4) is 17.0 Å². The summed E-state index contributed by atoms with van der Waals surface area (Å²) in [5, 5.41) is 9.59. The molecule has 4 aliphatic carbocycles. The summed E-state index contributed by atoms with van der Waals surface area (Å²) in [5.41, 5.74) is 2.52. The number of imidazole rings is 1. The van der Waals surface area contributed by atoms with Crippen LogP contribution in [0.25, 0.3) is 11.3 Å². The van der Waals surface area contributed by atoms with Gasteiger partial charge in [0.15, 0.2) is 0 Å². The maximum Gasteiger partial charge on any atom is 1.00 e. The Bertz CT molecular complexity index is 2260. The number of fused-ring (bicyclic) bond motifs is 4. The number of aromatic hydroxyl groups is 1. The van der Waals surface area contributed by atoms with Gasteiger partial charge in [-0.2, -0.15) is 0 Å². The Morgan fingerprint density at radius 2 is 1.52 bits per heavy atom. The van der Waals surface area contributed by atoms with Gasteiger partial charge < -0.3 is 28.5 Å². The smallest absolute Gasteiger partial charge is 0.726 e. The molecule has 316 valence electrons. The minimum absolute atomic E-state index is 0. The van der Waals surface area contributed by atoms with Crippen LogP contribution in [0.3, 0.4) is 0 Å². The summed E-state index contributed by atoms with van der Waals surface area (Å²) in [6, 6.07) is 6.42. The molecule has 3 fully saturated rings. The Hall–Kier alpha value is -0.210. The average molecular weight is 925 g/mol. The largest absolute Gasteiger partial charge is 1.00 e. The summed E-state index contributed by atoms with van der Waals surface area (Å²) in [7, 11) is -16.1. The SMILES string of the molecule is C=C(C)[C@@H](CC[C@@H](C)[C@H]1CCC2=C3C[C@H](OS(=O)(=O)[O-])[C@H]4C[C@@H](OS(=O)(=O)[O-])[C@@H](OS(=O)(=O)[O-])C[C@]4(C)[C@H]3CC[C@@]21C)OC(=O)c1ncc(-c2ccc(O)cc2)[nH]1.[Na+].[Na+].[Na+]. The molecular formula is C37H47N2Na3O15S3. The van der Waals surface area contributed by atoms with E-state index in [1.807, 2.05) is 0 Å². The molecule has 3 saturated carbocycles. The number of carbonyl (C=O) groups is 1. The third-order valence-corrected chi connectivity index (χ3v) is 14.5. The van der Waals surface area contributed by atoms with Crippen LogP contribution in [0.15, 0.2) is 53.8 Å². The molecule has 0 unspecified atom stereocenters. The first kappa shape index (κ1) is 54.1. The second kappa shape index (κ2) is 20.5. The van der Waals surface area contributed by atoms with Crippen LogP contribution in [0.2, 0.25) is 0 Å². The van der Waals surface area contributed by atoms with Gasteiger partial charge in [0.25, 0.3) is 0 Å². The van der Waals surface area contributed by atoms with Gasteiger partial charge in [0.1, 0.15) is 24.1 Å². The second-order valence-electron chi connectivity index (χ2n) is 16.5. The van der Waals surface area contributed by atoms with Gasteiger partial charge in [0.2, 0.25) is 37.0 Å². The van der Waals surface area contributed by atoms with Gasteiger partial charge in [-0.1, -0.05) is 38.5 Å². The first-order valence-electron chi connectivity index (χ1n) is 18.7. The van der Waals surface area contributed by atoms with E-state index in [4.69, 9.17) is 13.1 Å². The van der Waals surface area contributed by atoms with Gasteiger partial charge >= 0.3 is 94.6 Å². The molecule has 0 saturated heterocycles. The number of ether oxygens (including phenoxy) is 1. The number of nitrogens with zero attached hydrogens (tertiary/aromatic N) is 1. The maximum atomic E-state index is 13.2. The summed E-state index contributed by atoms with van der Waals surface area (Å²) < 4.78 is 127. The fraction of sp³-hybridized carbons (Fsp3) is 0.622. The van der Waals surface area contributed by atoms with Crippen LogP contribution in [0.5, 0.6) is 5.75 Å². The van der Waals surface area contributed by atoms with E-state index in [-0.39, 0.29) is 136 Å². The summed E-state index contributed by atoms with van der Waals surface area (Å²) >= 11 is 0. The van der Waals surface area contributed by atoms with Gasteiger partial charge in [-0.25, -0.2) is 35.0 Å². The molecule has 1 heterocycles. The zero-order valence-corrected chi connectivity index (χ0v) is 43.4. The summed E-state index contributed by atoms with van der Waals surface area (Å²) in [6.07, 6.45) is -0.669. The fourth-order valence-electron chi connectivity index (χ4n) is 10.6.